The fourth-order valence-electron chi connectivity index (χ4n) is 2.24. The number of aromatic nitrogens is 1. The van der Waals surface area contributed by atoms with E-state index in [-0.39, 0.29) is 0 Å². The molecule has 0 spiro atoms. The molecule has 136 valence electrons. The summed E-state index contributed by atoms with van der Waals surface area (Å²) in [5, 5.41) is 15.1. The van der Waals surface area contributed by atoms with Gasteiger partial charge in [-0.1, -0.05) is 36.6 Å². The molecule has 0 aliphatic rings. The van der Waals surface area contributed by atoms with E-state index in [9.17, 15) is 0 Å². The molecule has 1 heterocycles. The zero-order chi connectivity index (χ0) is 18.5. The molecule has 0 fully saturated rings. The molecule has 1 aromatic carbocycles. The Kier molecular flexibility index (Phi) is 8.81. The second-order valence-corrected chi connectivity index (χ2v) is 5.93. The molecule has 0 saturated carbocycles. The molecule has 0 aliphatic carbocycles. The second kappa shape index (κ2) is 11.7. The van der Waals surface area contributed by atoms with E-state index in [2.05, 4.69) is 20.6 Å². The highest BCUT2D eigenvalue weighted by molar-refractivity contribution is 6.32. The molecule has 1 aromatic heterocycles. The quantitative estimate of drug-likeness (QED) is 0.229. The van der Waals surface area contributed by atoms with Crippen molar-refractivity contribution in [1.29, 1.82) is 5.26 Å². The summed E-state index contributed by atoms with van der Waals surface area (Å²) in [6.45, 7) is 1.39. The Bertz CT molecular complexity index is 730. The maximum Gasteiger partial charge on any atom is 0.209 e. The maximum absolute atomic E-state index is 8.81. The Hall–Kier alpha value is -2.78. The van der Waals surface area contributed by atoms with Gasteiger partial charge >= 0.3 is 0 Å². The summed E-state index contributed by atoms with van der Waals surface area (Å²) in [5.41, 5.74) is 0.738. The van der Waals surface area contributed by atoms with Gasteiger partial charge in [-0.15, -0.1) is 0 Å². The monoisotopic (exact) mass is 371 g/mol. The minimum Gasteiger partial charge on any atom is -0.492 e. The molecule has 0 aliphatic heterocycles. The number of para-hydroxylation sites is 1. The van der Waals surface area contributed by atoms with Gasteiger partial charge in [0.05, 0.1) is 17.3 Å². The van der Waals surface area contributed by atoms with Gasteiger partial charge in [0.25, 0.3) is 0 Å². The number of pyridine rings is 1. The second-order valence-electron chi connectivity index (χ2n) is 5.52. The average Bonchev–Trinajstić information content (AvgIpc) is 2.66. The van der Waals surface area contributed by atoms with E-state index >= 15 is 0 Å². The highest BCUT2D eigenvalue weighted by Gasteiger charge is 2.00. The summed E-state index contributed by atoms with van der Waals surface area (Å²) >= 11 is 6.04. The molecule has 2 rings (SSSR count). The Balaban J connectivity index is 1.59. The predicted octanol–water partition coefficient (Wildman–Crippen LogP) is 4.02. The number of hydrogen-bond acceptors (Lipinski definition) is 4. The molecule has 0 unspecified atom stereocenters. The van der Waals surface area contributed by atoms with Crippen molar-refractivity contribution in [2.75, 3.05) is 13.2 Å². The minimum atomic E-state index is 0.445. The van der Waals surface area contributed by atoms with Crippen LogP contribution in [0.3, 0.4) is 0 Å². The number of benzene rings is 1. The van der Waals surface area contributed by atoms with Gasteiger partial charge in [-0.05, 0) is 37.1 Å². The van der Waals surface area contributed by atoms with Crippen LogP contribution >= 0.6 is 11.6 Å². The smallest absolute Gasteiger partial charge is 0.209 e. The average molecular weight is 372 g/mol. The lowest BCUT2D eigenvalue weighted by Crippen LogP contribution is -2.34. The van der Waals surface area contributed by atoms with E-state index in [4.69, 9.17) is 21.6 Å². The summed E-state index contributed by atoms with van der Waals surface area (Å²) in [4.78, 5) is 8.28. The van der Waals surface area contributed by atoms with Crippen LogP contribution in [-0.4, -0.2) is 24.1 Å². The third-order valence-electron chi connectivity index (χ3n) is 3.54. The van der Waals surface area contributed by atoms with E-state index in [0.29, 0.717) is 17.6 Å². The van der Waals surface area contributed by atoms with Crippen LogP contribution in [0.1, 0.15) is 25.7 Å². The van der Waals surface area contributed by atoms with Crippen LogP contribution < -0.4 is 15.4 Å². The lowest BCUT2D eigenvalue weighted by molar-refractivity contribution is 0.305. The van der Waals surface area contributed by atoms with Crippen LogP contribution in [-0.2, 0) is 0 Å². The Morgan fingerprint density at radius 2 is 1.88 bits per heavy atom. The van der Waals surface area contributed by atoms with E-state index in [1.54, 1.807) is 24.5 Å². The van der Waals surface area contributed by atoms with Crippen molar-refractivity contribution >= 4 is 23.2 Å². The minimum absolute atomic E-state index is 0.445. The zero-order valence-electron chi connectivity index (χ0n) is 14.5. The van der Waals surface area contributed by atoms with Gasteiger partial charge in [0, 0.05) is 18.9 Å². The SMILES string of the molecule is N#CN/C(=N\c1ccncc1)NCCCCCCOc1ccccc1Cl. The summed E-state index contributed by atoms with van der Waals surface area (Å²) in [5.74, 6) is 1.18. The predicted molar refractivity (Wildman–Crippen MR) is 103 cm³/mol. The number of guanidine groups is 1. The molecule has 7 heteroatoms. The fourth-order valence-corrected chi connectivity index (χ4v) is 2.43. The number of rotatable bonds is 9. The zero-order valence-corrected chi connectivity index (χ0v) is 15.2. The Labute approximate surface area is 158 Å². The molecule has 0 bridgehead atoms. The van der Waals surface area contributed by atoms with Gasteiger partial charge in [0.15, 0.2) is 6.19 Å². The molecule has 0 amide bonds. The summed E-state index contributed by atoms with van der Waals surface area (Å²) in [7, 11) is 0. The van der Waals surface area contributed by atoms with Crippen molar-refractivity contribution in [3.05, 3.63) is 53.8 Å². The highest BCUT2D eigenvalue weighted by Crippen LogP contribution is 2.23. The van der Waals surface area contributed by atoms with E-state index in [1.165, 1.54) is 0 Å². The largest absolute Gasteiger partial charge is 0.492 e. The van der Waals surface area contributed by atoms with E-state index in [0.717, 1.165) is 43.7 Å². The number of halogens is 1. The molecule has 0 saturated heterocycles. The van der Waals surface area contributed by atoms with E-state index < -0.39 is 0 Å². The number of nitrogens with zero attached hydrogens (tertiary/aromatic N) is 3. The van der Waals surface area contributed by atoms with Gasteiger partial charge < -0.3 is 10.1 Å². The van der Waals surface area contributed by atoms with Crippen molar-refractivity contribution in [3.63, 3.8) is 0 Å². The molecule has 6 nitrogen and oxygen atoms in total. The maximum atomic E-state index is 8.81. The number of nitrogens with one attached hydrogen (secondary N) is 2. The number of hydrogen-bond donors (Lipinski definition) is 2. The van der Waals surface area contributed by atoms with Crippen LogP contribution in [0.5, 0.6) is 5.75 Å². The topological polar surface area (TPSA) is 82.3 Å². The molecule has 0 radical (unpaired) electrons. The van der Waals surface area contributed by atoms with Crippen LogP contribution in [0.15, 0.2) is 53.8 Å². The van der Waals surface area contributed by atoms with Crippen LogP contribution in [0.4, 0.5) is 5.69 Å². The normalized spacial score (nSPS) is 10.8. The first-order valence-corrected chi connectivity index (χ1v) is 8.92. The van der Waals surface area contributed by atoms with Gasteiger partial charge in [-0.3, -0.25) is 10.3 Å². The van der Waals surface area contributed by atoms with Crippen LogP contribution in [0.2, 0.25) is 5.02 Å². The van der Waals surface area contributed by atoms with Crippen molar-refractivity contribution in [2.24, 2.45) is 4.99 Å². The lowest BCUT2D eigenvalue weighted by atomic mass is 10.2. The number of nitriles is 1. The lowest BCUT2D eigenvalue weighted by Gasteiger charge is -2.09. The Morgan fingerprint density at radius 3 is 2.65 bits per heavy atom. The number of aliphatic imine (C=N–C) groups is 1. The fraction of sp³-hybridized carbons (Fsp3) is 0.316. The summed E-state index contributed by atoms with van der Waals surface area (Å²) < 4.78 is 5.66. The van der Waals surface area contributed by atoms with Crippen LogP contribution in [0.25, 0.3) is 0 Å². The molecular weight excluding hydrogens is 350 g/mol. The van der Waals surface area contributed by atoms with Crippen molar-refractivity contribution < 1.29 is 4.74 Å². The first-order chi connectivity index (χ1) is 12.8. The third kappa shape index (κ3) is 7.41. The summed E-state index contributed by atoms with van der Waals surface area (Å²) in [6.07, 6.45) is 9.29. The number of unbranched alkanes of at least 4 members (excludes halogenated alkanes) is 3. The molecule has 2 N–H and O–H groups in total. The molecular formula is C19H22ClN5O. The first-order valence-electron chi connectivity index (χ1n) is 8.54. The van der Waals surface area contributed by atoms with Crippen molar-refractivity contribution in [2.45, 2.75) is 25.7 Å². The van der Waals surface area contributed by atoms with Crippen LogP contribution in [0, 0.1) is 11.5 Å². The molecule has 26 heavy (non-hydrogen) atoms. The summed E-state index contributed by atoms with van der Waals surface area (Å²) in [6, 6.07) is 11.0. The van der Waals surface area contributed by atoms with Gasteiger partial charge in [-0.2, -0.15) is 5.26 Å². The first kappa shape index (κ1) is 19.5. The Morgan fingerprint density at radius 1 is 1.12 bits per heavy atom. The highest BCUT2D eigenvalue weighted by atomic mass is 35.5. The third-order valence-corrected chi connectivity index (χ3v) is 3.85. The van der Waals surface area contributed by atoms with Gasteiger partial charge in [-0.25, -0.2) is 4.99 Å². The van der Waals surface area contributed by atoms with Gasteiger partial charge in [0.2, 0.25) is 5.96 Å². The van der Waals surface area contributed by atoms with Crippen molar-refractivity contribution in [3.8, 4) is 11.9 Å². The number of ether oxygens (including phenoxy) is 1. The standard InChI is InChI=1S/C19H22ClN5O/c20-17-7-3-4-8-18(17)26-14-6-2-1-5-11-23-19(24-15-21)25-16-9-12-22-13-10-16/h3-4,7-10,12-13H,1-2,5-6,11,14H2,(H2,22,23,24,25). The van der Waals surface area contributed by atoms with Crippen molar-refractivity contribution in [1.82, 2.24) is 15.6 Å². The van der Waals surface area contributed by atoms with E-state index in [1.807, 2.05) is 30.5 Å². The van der Waals surface area contributed by atoms with Gasteiger partial charge in [0.1, 0.15) is 5.75 Å². The molecule has 2 aromatic rings. The molecule has 0 atom stereocenters.